The molecule has 1 atom stereocenters. The summed E-state index contributed by atoms with van der Waals surface area (Å²) >= 11 is 1.75. The summed E-state index contributed by atoms with van der Waals surface area (Å²) in [4.78, 5) is 15.0. The van der Waals surface area contributed by atoms with Crippen LogP contribution in [-0.4, -0.2) is 51.6 Å². The molecule has 1 fully saturated rings. The van der Waals surface area contributed by atoms with Gasteiger partial charge in [-0.25, -0.2) is 4.98 Å². The molecule has 0 saturated carbocycles. The van der Waals surface area contributed by atoms with Gasteiger partial charge in [0.25, 0.3) is 0 Å². The average molecular weight is 350 g/mol. The van der Waals surface area contributed by atoms with Gasteiger partial charge in [0, 0.05) is 30.4 Å². The van der Waals surface area contributed by atoms with Gasteiger partial charge in [0.05, 0.1) is 17.7 Å². The fourth-order valence-electron chi connectivity index (χ4n) is 3.20. The Morgan fingerprint density at radius 2 is 2.29 bits per heavy atom. The first kappa shape index (κ1) is 17.5. The highest BCUT2D eigenvalue weighted by Gasteiger charge is 2.25. The Morgan fingerprint density at radius 3 is 2.96 bits per heavy atom. The van der Waals surface area contributed by atoms with Crippen LogP contribution < -0.4 is 0 Å². The van der Waals surface area contributed by atoms with Crippen molar-refractivity contribution in [2.75, 3.05) is 26.7 Å². The summed E-state index contributed by atoms with van der Waals surface area (Å²) in [5, 5.41) is 4.10. The van der Waals surface area contributed by atoms with E-state index in [2.05, 4.69) is 52.7 Å². The molecular weight excluding hydrogens is 322 g/mol. The summed E-state index contributed by atoms with van der Waals surface area (Å²) in [6, 6.07) is 0. The van der Waals surface area contributed by atoms with Gasteiger partial charge in [-0.05, 0) is 32.9 Å². The second-order valence-electron chi connectivity index (χ2n) is 7.15. The molecule has 24 heavy (non-hydrogen) atoms. The first-order chi connectivity index (χ1) is 11.5. The van der Waals surface area contributed by atoms with Gasteiger partial charge < -0.3 is 9.42 Å². The molecule has 6 nitrogen and oxygen atoms in total. The van der Waals surface area contributed by atoms with Crippen molar-refractivity contribution in [3.05, 3.63) is 27.8 Å². The summed E-state index contributed by atoms with van der Waals surface area (Å²) in [6.45, 7) is 11.4. The van der Waals surface area contributed by atoms with Gasteiger partial charge >= 0.3 is 0 Å². The highest BCUT2D eigenvalue weighted by molar-refractivity contribution is 7.09. The first-order valence-electron chi connectivity index (χ1n) is 8.63. The third kappa shape index (κ3) is 4.40. The largest absolute Gasteiger partial charge is 0.339 e. The maximum atomic E-state index is 5.30. The Hall–Kier alpha value is -1.31. The number of hydrogen-bond donors (Lipinski definition) is 0. The van der Waals surface area contributed by atoms with E-state index in [1.165, 1.54) is 11.3 Å². The lowest BCUT2D eigenvalue weighted by molar-refractivity contribution is 0.252. The lowest BCUT2D eigenvalue weighted by Gasteiger charge is -2.21. The summed E-state index contributed by atoms with van der Waals surface area (Å²) in [5.41, 5.74) is 3.10. The van der Waals surface area contributed by atoms with E-state index >= 15 is 0 Å². The summed E-state index contributed by atoms with van der Waals surface area (Å²) in [5.74, 6) is 2.55. The summed E-state index contributed by atoms with van der Waals surface area (Å²) < 4.78 is 5.30. The number of rotatable bonds is 7. The molecule has 0 N–H and O–H groups in total. The molecular formula is C17H27N5OS. The molecule has 2 aromatic rings. The van der Waals surface area contributed by atoms with E-state index in [9.17, 15) is 0 Å². The molecule has 0 spiro atoms. The lowest BCUT2D eigenvalue weighted by Crippen LogP contribution is -2.28. The van der Waals surface area contributed by atoms with Crippen LogP contribution in [0.3, 0.4) is 0 Å². The third-order valence-electron chi connectivity index (χ3n) is 4.54. The highest BCUT2D eigenvalue weighted by Crippen LogP contribution is 2.21. The second-order valence-corrected chi connectivity index (χ2v) is 8.09. The van der Waals surface area contributed by atoms with Gasteiger partial charge in [0.15, 0.2) is 5.82 Å². The topological polar surface area (TPSA) is 58.3 Å². The van der Waals surface area contributed by atoms with Gasteiger partial charge in [-0.15, -0.1) is 11.3 Å². The van der Waals surface area contributed by atoms with Gasteiger partial charge in [0.2, 0.25) is 5.89 Å². The van der Waals surface area contributed by atoms with Crippen molar-refractivity contribution in [2.24, 2.45) is 5.92 Å². The third-order valence-corrected chi connectivity index (χ3v) is 5.46. The summed E-state index contributed by atoms with van der Waals surface area (Å²) in [6.07, 6.45) is 1.24. The zero-order valence-corrected chi connectivity index (χ0v) is 15.8. The first-order valence-corrected chi connectivity index (χ1v) is 9.51. The molecule has 3 heterocycles. The molecule has 3 rings (SSSR count). The maximum Gasteiger partial charge on any atom is 0.229 e. The van der Waals surface area contributed by atoms with Gasteiger partial charge in [-0.2, -0.15) is 4.98 Å². The zero-order valence-electron chi connectivity index (χ0n) is 15.0. The molecule has 1 aliphatic rings. The molecule has 1 saturated heterocycles. The van der Waals surface area contributed by atoms with Crippen LogP contribution in [0.2, 0.25) is 0 Å². The van der Waals surface area contributed by atoms with Crippen molar-refractivity contribution in [3.8, 4) is 0 Å². The molecule has 2 aromatic heterocycles. The van der Waals surface area contributed by atoms with Crippen LogP contribution in [0.1, 0.15) is 48.5 Å². The highest BCUT2D eigenvalue weighted by atomic mass is 32.1. The van der Waals surface area contributed by atoms with Crippen molar-refractivity contribution >= 4 is 11.3 Å². The van der Waals surface area contributed by atoms with E-state index in [1.54, 1.807) is 11.3 Å². The van der Waals surface area contributed by atoms with E-state index in [0.29, 0.717) is 11.8 Å². The molecule has 0 aliphatic carbocycles. The smallest absolute Gasteiger partial charge is 0.229 e. The van der Waals surface area contributed by atoms with Crippen LogP contribution in [0.4, 0.5) is 0 Å². The number of aryl methyl sites for hydroxylation is 1. The zero-order chi connectivity index (χ0) is 17.1. The van der Waals surface area contributed by atoms with Crippen LogP contribution in [-0.2, 0) is 13.1 Å². The molecule has 0 amide bonds. The van der Waals surface area contributed by atoms with Crippen molar-refractivity contribution in [1.82, 2.24) is 24.9 Å². The Labute approximate surface area is 147 Å². The average Bonchev–Trinajstić information content (AvgIpc) is 3.23. The molecule has 1 unspecified atom stereocenters. The van der Waals surface area contributed by atoms with Gasteiger partial charge in [-0.3, -0.25) is 4.90 Å². The monoisotopic (exact) mass is 349 g/mol. The number of likely N-dealkylation sites (tertiary alicyclic amines) is 1. The minimum Gasteiger partial charge on any atom is -0.339 e. The quantitative estimate of drug-likeness (QED) is 0.766. The number of hydrogen-bond acceptors (Lipinski definition) is 7. The van der Waals surface area contributed by atoms with Crippen molar-refractivity contribution in [3.63, 3.8) is 0 Å². The Bertz CT molecular complexity index is 653. The Morgan fingerprint density at radius 1 is 1.46 bits per heavy atom. The standard InChI is InChI=1S/C17H27N5OS/c1-12(2)17-19-16(20-23-17)10-22-6-5-14(8-22)7-21(4)9-15-13(3)18-11-24-15/h11-12,14H,5-10H2,1-4H3. The van der Waals surface area contributed by atoms with E-state index < -0.39 is 0 Å². The molecule has 0 bridgehead atoms. The molecule has 1 aliphatic heterocycles. The maximum absolute atomic E-state index is 5.30. The van der Waals surface area contributed by atoms with Gasteiger partial charge in [0.1, 0.15) is 0 Å². The number of aromatic nitrogens is 3. The van der Waals surface area contributed by atoms with Crippen LogP contribution in [0.25, 0.3) is 0 Å². The van der Waals surface area contributed by atoms with E-state index in [4.69, 9.17) is 4.52 Å². The Kier molecular flexibility index (Phi) is 5.63. The predicted octanol–water partition coefficient (Wildman–Crippen LogP) is 2.91. The van der Waals surface area contributed by atoms with Crippen molar-refractivity contribution < 1.29 is 4.52 Å². The molecule has 0 radical (unpaired) electrons. The Balaban J connectivity index is 1.45. The SMILES string of the molecule is Cc1ncsc1CN(C)CC1CCN(Cc2noc(C(C)C)n2)C1. The van der Waals surface area contributed by atoms with Crippen LogP contribution >= 0.6 is 11.3 Å². The van der Waals surface area contributed by atoms with E-state index in [0.717, 1.165) is 50.1 Å². The number of thiazole rings is 1. The second kappa shape index (κ2) is 7.72. The van der Waals surface area contributed by atoms with E-state index in [1.807, 2.05) is 5.51 Å². The molecule has 132 valence electrons. The minimum atomic E-state index is 0.293. The lowest BCUT2D eigenvalue weighted by atomic mass is 10.1. The molecule has 7 heteroatoms. The van der Waals surface area contributed by atoms with Gasteiger partial charge in [-0.1, -0.05) is 19.0 Å². The minimum absolute atomic E-state index is 0.293. The fourth-order valence-corrected chi connectivity index (χ4v) is 4.06. The molecule has 0 aromatic carbocycles. The predicted molar refractivity (Wildman–Crippen MR) is 95.0 cm³/mol. The van der Waals surface area contributed by atoms with Crippen LogP contribution in [0.5, 0.6) is 0 Å². The van der Waals surface area contributed by atoms with Crippen molar-refractivity contribution in [2.45, 2.75) is 46.2 Å². The number of nitrogens with zero attached hydrogens (tertiary/aromatic N) is 5. The van der Waals surface area contributed by atoms with E-state index in [-0.39, 0.29) is 0 Å². The van der Waals surface area contributed by atoms with Crippen LogP contribution in [0.15, 0.2) is 10.0 Å². The normalized spacial score (nSPS) is 19.0. The van der Waals surface area contributed by atoms with Crippen molar-refractivity contribution in [1.29, 1.82) is 0 Å². The summed E-state index contributed by atoms with van der Waals surface area (Å²) in [7, 11) is 2.20. The van der Waals surface area contributed by atoms with Crippen LogP contribution in [0, 0.1) is 12.8 Å². The fraction of sp³-hybridized carbons (Fsp3) is 0.706.